The molecule has 0 saturated carbocycles. The predicted molar refractivity (Wildman–Crippen MR) is 86.1 cm³/mol. The molecule has 1 aromatic carbocycles. The molecule has 2 rings (SSSR count). The molecule has 1 aliphatic rings. The molecule has 22 heavy (non-hydrogen) atoms. The van der Waals surface area contributed by atoms with Crippen LogP contribution in [0.25, 0.3) is 0 Å². The van der Waals surface area contributed by atoms with Gasteiger partial charge < -0.3 is 20.1 Å². The Morgan fingerprint density at radius 2 is 2.18 bits per heavy atom. The maximum absolute atomic E-state index is 12.2. The number of ether oxygens (including phenoxy) is 1. The van der Waals surface area contributed by atoms with Crippen molar-refractivity contribution in [3.05, 3.63) is 29.8 Å². The summed E-state index contributed by atoms with van der Waals surface area (Å²) in [5.41, 5.74) is 1.23. The van der Waals surface area contributed by atoms with Crippen molar-refractivity contribution in [3.8, 4) is 5.75 Å². The highest BCUT2D eigenvalue weighted by Gasteiger charge is 2.28. The van der Waals surface area contributed by atoms with E-state index in [-0.39, 0.29) is 24.7 Å². The number of nitrogens with one attached hydrogen (secondary N) is 1. The second-order valence-corrected chi connectivity index (χ2v) is 5.91. The quantitative estimate of drug-likeness (QED) is 0.847. The summed E-state index contributed by atoms with van der Waals surface area (Å²) in [5, 5.41) is 12.3. The van der Waals surface area contributed by atoms with Crippen LogP contribution < -0.4 is 10.1 Å². The largest absolute Gasteiger partial charge is 0.497 e. The molecule has 2 amide bonds. The number of aliphatic hydroxyl groups excluding tert-OH is 1. The Morgan fingerprint density at radius 1 is 1.45 bits per heavy atom. The Hall–Kier alpha value is -1.75. The van der Waals surface area contributed by atoms with Crippen LogP contribution in [0.15, 0.2) is 24.3 Å². The third kappa shape index (κ3) is 4.37. The van der Waals surface area contributed by atoms with Crippen LogP contribution in [-0.2, 0) is 6.42 Å². The summed E-state index contributed by atoms with van der Waals surface area (Å²) in [6.45, 7) is 2.81. The minimum absolute atomic E-state index is 0.0196. The second-order valence-electron chi connectivity index (χ2n) is 5.91. The number of nitrogens with zero attached hydrogens (tertiary/aromatic N) is 1. The molecule has 0 bridgehead atoms. The molecule has 1 fully saturated rings. The summed E-state index contributed by atoms with van der Waals surface area (Å²) in [7, 11) is 1.66. The van der Waals surface area contributed by atoms with Gasteiger partial charge in [-0.25, -0.2) is 4.79 Å². The van der Waals surface area contributed by atoms with Crippen LogP contribution in [-0.4, -0.2) is 48.4 Å². The first-order valence-electron chi connectivity index (χ1n) is 7.95. The van der Waals surface area contributed by atoms with Gasteiger partial charge in [0.25, 0.3) is 0 Å². The number of aryl methyl sites for hydroxylation is 1. The zero-order valence-electron chi connectivity index (χ0n) is 13.4. The highest BCUT2D eigenvalue weighted by Crippen LogP contribution is 2.17. The van der Waals surface area contributed by atoms with Gasteiger partial charge in [0.1, 0.15) is 5.75 Å². The zero-order valence-corrected chi connectivity index (χ0v) is 13.4. The summed E-state index contributed by atoms with van der Waals surface area (Å²) < 4.78 is 5.14. The van der Waals surface area contributed by atoms with Crippen molar-refractivity contribution >= 4 is 6.03 Å². The Bertz CT molecular complexity index is 475. The Balaban J connectivity index is 1.77. The molecule has 0 aliphatic carbocycles. The molecule has 2 N–H and O–H groups in total. The van der Waals surface area contributed by atoms with Crippen molar-refractivity contribution < 1.29 is 14.6 Å². The Labute approximate surface area is 132 Å². The lowest BCUT2D eigenvalue weighted by molar-refractivity contribution is 0.155. The first-order valence-corrected chi connectivity index (χ1v) is 7.95. The fraction of sp³-hybridized carbons (Fsp3) is 0.588. The monoisotopic (exact) mass is 306 g/mol. The molecule has 122 valence electrons. The number of urea groups is 1. The molecule has 5 nitrogen and oxygen atoms in total. The average molecular weight is 306 g/mol. The summed E-state index contributed by atoms with van der Waals surface area (Å²) in [5.74, 6) is 0.856. The standard InChI is InChI=1S/C17H26N2O3/c1-13(5-6-14-7-9-16(22-2)10-8-14)18-17(21)19-11-3-4-15(19)12-20/h7-10,13,15,20H,3-6,11-12H2,1-2H3,(H,18,21). The summed E-state index contributed by atoms with van der Waals surface area (Å²) in [6, 6.07) is 8.04. The number of aliphatic hydroxyl groups is 1. The predicted octanol–water partition coefficient (Wildman–Crippen LogP) is 2.18. The normalized spacial score (nSPS) is 19.0. The number of rotatable bonds is 6. The number of carbonyl (C=O) groups is 1. The van der Waals surface area contributed by atoms with Crippen molar-refractivity contribution in [1.82, 2.24) is 10.2 Å². The molecular formula is C17H26N2O3. The molecular weight excluding hydrogens is 280 g/mol. The highest BCUT2D eigenvalue weighted by molar-refractivity contribution is 5.75. The van der Waals surface area contributed by atoms with E-state index in [1.54, 1.807) is 12.0 Å². The summed E-state index contributed by atoms with van der Waals surface area (Å²) >= 11 is 0. The van der Waals surface area contributed by atoms with Crippen LogP contribution in [0.2, 0.25) is 0 Å². The smallest absolute Gasteiger partial charge is 0.317 e. The van der Waals surface area contributed by atoms with Crippen molar-refractivity contribution in [1.29, 1.82) is 0 Å². The summed E-state index contributed by atoms with van der Waals surface area (Å²) in [6.07, 6.45) is 3.66. The minimum Gasteiger partial charge on any atom is -0.497 e. The van der Waals surface area contributed by atoms with Crippen LogP contribution in [0.1, 0.15) is 31.7 Å². The van der Waals surface area contributed by atoms with E-state index in [2.05, 4.69) is 17.4 Å². The van der Waals surface area contributed by atoms with Crippen molar-refractivity contribution in [2.75, 3.05) is 20.3 Å². The topological polar surface area (TPSA) is 61.8 Å². The zero-order chi connectivity index (χ0) is 15.9. The molecule has 0 spiro atoms. The third-order valence-electron chi connectivity index (χ3n) is 4.24. The molecule has 1 aliphatic heterocycles. The molecule has 1 heterocycles. The fourth-order valence-electron chi connectivity index (χ4n) is 2.83. The van der Waals surface area contributed by atoms with E-state index in [0.717, 1.165) is 38.0 Å². The van der Waals surface area contributed by atoms with Gasteiger partial charge in [-0.3, -0.25) is 0 Å². The maximum Gasteiger partial charge on any atom is 0.317 e. The van der Waals surface area contributed by atoms with Crippen LogP contribution in [0.3, 0.4) is 0 Å². The van der Waals surface area contributed by atoms with Crippen LogP contribution in [0.5, 0.6) is 5.75 Å². The third-order valence-corrected chi connectivity index (χ3v) is 4.24. The Morgan fingerprint density at radius 3 is 2.82 bits per heavy atom. The van der Waals surface area contributed by atoms with Gasteiger partial charge in [0.15, 0.2) is 0 Å². The number of carbonyl (C=O) groups excluding carboxylic acids is 1. The molecule has 0 aromatic heterocycles. The van der Waals surface area contributed by atoms with Crippen molar-refractivity contribution in [2.45, 2.75) is 44.7 Å². The number of hydrogen-bond acceptors (Lipinski definition) is 3. The lowest BCUT2D eigenvalue weighted by atomic mass is 10.1. The average Bonchev–Trinajstić information content (AvgIpc) is 3.02. The lowest BCUT2D eigenvalue weighted by Gasteiger charge is -2.25. The van der Waals surface area contributed by atoms with E-state index in [1.165, 1.54) is 5.56 Å². The SMILES string of the molecule is COc1ccc(CCC(C)NC(=O)N2CCCC2CO)cc1. The van der Waals surface area contributed by atoms with Crippen molar-refractivity contribution in [3.63, 3.8) is 0 Å². The van der Waals surface area contributed by atoms with E-state index < -0.39 is 0 Å². The van der Waals surface area contributed by atoms with Gasteiger partial charge in [-0.15, -0.1) is 0 Å². The summed E-state index contributed by atoms with van der Waals surface area (Å²) in [4.78, 5) is 14.0. The highest BCUT2D eigenvalue weighted by atomic mass is 16.5. The molecule has 1 aromatic rings. The van der Waals surface area contributed by atoms with Gasteiger partial charge in [0, 0.05) is 12.6 Å². The first kappa shape index (κ1) is 16.6. The van der Waals surface area contributed by atoms with Gasteiger partial charge in [-0.05, 0) is 50.3 Å². The van der Waals surface area contributed by atoms with Gasteiger partial charge in [0.05, 0.1) is 19.8 Å². The molecule has 2 unspecified atom stereocenters. The number of methoxy groups -OCH3 is 1. The van der Waals surface area contributed by atoms with E-state index in [4.69, 9.17) is 4.74 Å². The molecule has 0 radical (unpaired) electrons. The van der Waals surface area contributed by atoms with E-state index in [1.807, 2.05) is 19.1 Å². The Kier molecular flexibility index (Phi) is 6.07. The maximum atomic E-state index is 12.2. The second kappa shape index (κ2) is 8.03. The van der Waals surface area contributed by atoms with Crippen LogP contribution >= 0.6 is 0 Å². The van der Waals surface area contributed by atoms with Gasteiger partial charge in [0.2, 0.25) is 0 Å². The first-order chi connectivity index (χ1) is 10.6. The van der Waals surface area contributed by atoms with Crippen molar-refractivity contribution in [2.24, 2.45) is 0 Å². The minimum atomic E-state index is -0.0567. The number of hydrogen-bond donors (Lipinski definition) is 2. The number of likely N-dealkylation sites (tertiary alicyclic amines) is 1. The lowest BCUT2D eigenvalue weighted by Crippen LogP contribution is -2.47. The molecule has 1 saturated heterocycles. The van der Waals surface area contributed by atoms with E-state index in [9.17, 15) is 9.90 Å². The van der Waals surface area contributed by atoms with E-state index in [0.29, 0.717) is 0 Å². The van der Waals surface area contributed by atoms with Gasteiger partial charge in [-0.1, -0.05) is 12.1 Å². The van der Waals surface area contributed by atoms with E-state index >= 15 is 0 Å². The van der Waals surface area contributed by atoms with Gasteiger partial charge in [-0.2, -0.15) is 0 Å². The van der Waals surface area contributed by atoms with Crippen LogP contribution in [0.4, 0.5) is 4.79 Å². The fourth-order valence-corrected chi connectivity index (χ4v) is 2.83. The van der Waals surface area contributed by atoms with Crippen LogP contribution in [0, 0.1) is 0 Å². The number of benzene rings is 1. The van der Waals surface area contributed by atoms with Gasteiger partial charge >= 0.3 is 6.03 Å². The molecule has 5 heteroatoms. The number of amides is 2. The molecule has 2 atom stereocenters.